The Morgan fingerprint density at radius 3 is 3.00 bits per heavy atom. The van der Waals surface area contributed by atoms with Crippen LogP contribution in [0.25, 0.3) is 0 Å². The van der Waals surface area contributed by atoms with Crippen LogP contribution in [0.15, 0.2) is 18.2 Å². The quantitative estimate of drug-likeness (QED) is 0.856. The topological polar surface area (TPSA) is 50.4 Å². The van der Waals surface area contributed by atoms with Gasteiger partial charge in [-0.2, -0.15) is 0 Å². The highest BCUT2D eigenvalue weighted by Crippen LogP contribution is 2.18. The maximum absolute atomic E-state index is 12.2. The number of nitrogens with one attached hydrogen (secondary N) is 2. The van der Waals surface area contributed by atoms with Gasteiger partial charge in [-0.25, -0.2) is 0 Å². The first-order valence-electron chi connectivity index (χ1n) is 6.44. The van der Waals surface area contributed by atoms with Gasteiger partial charge in [-0.1, -0.05) is 11.6 Å². The molecule has 1 saturated heterocycles. The molecule has 4 heteroatoms. The fourth-order valence-corrected chi connectivity index (χ4v) is 2.10. The van der Waals surface area contributed by atoms with Gasteiger partial charge in [0, 0.05) is 18.8 Å². The molecular weight excluding hydrogens is 228 g/mol. The first kappa shape index (κ1) is 12.9. The fourth-order valence-electron chi connectivity index (χ4n) is 2.10. The average Bonchev–Trinajstić information content (AvgIpc) is 2.84. The van der Waals surface area contributed by atoms with E-state index in [-0.39, 0.29) is 11.9 Å². The first-order chi connectivity index (χ1) is 8.70. The van der Waals surface area contributed by atoms with Gasteiger partial charge in [-0.15, -0.1) is 0 Å². The summed E-state index contributed by atoms with van der Waals surface area (Å²) in [7, 11) is 0. The highest BCUT2D eigenvalue weighted by Gasteiger charge is 2.20. The lowest BCUT2D eigenvalue weighted by molar-refractivity contribution is 0.0930. The van der Waals surface area contributed by atoms with Crippen molar-refractivity contribution in [2.24, 2.45) is 0 Å². The molecule has 2 N–H and O–H groups in total. The summed E-state index contributed by atoms with van der Waals surface area (Å²) in [4.78, 5) is 12.2. The van der Waals surface area contributed by atoms with Gasteiger partial charge in [0.25, 0.3) is 5.91 Å². The van der Waals surface area contributed by atoms with Crippen molar-refractivity contribution in [2.45, 2.75) is 26.3 Å². The minimum absolute atomic E-state index is 0.0230. The molecule has 1 aromatic rings. The smallest absolute Gasteiger partial charge is 0.253 e. The minimum atomic E-state index is -0.0230. The van der Waals surface area contributed by atoms with E-state index in [2.05, 4.69) is 10.6 Å². The van der Waals surface area contributed by atoms with Crippen LogP contribution in [0.3, 0.4) is 0 Å². The third kappa shape index (κ3) is 3.01. The van der Waals surface area contributed by atoms with Crippen LogP contribution in [-0.4, -0.2) is 31.7 Å². The van der Waals surface area contributed by atoms with Crippen molar-refractivity contribution in [1.29, 1.82) is 0 Å². The van der Waals surface area contributed by atoms with Crippen LogP contribution < -0.4 is 10.6 Å². The van der Waals surface area contributed by atoms with Gasteiger partial charge in [-0.05, 0) is 32.4 Å². The zero-order chi connectivity index (χ0) is 13.0. The minimum Gasteiger partial charge on any atom is -0.385 e. The predicted molar refractivity (Wildman–Crippen MR) is 72.0 cm³/mol. The Bertz CT molecular complexity index is 426. The number of anilines is 1. The molecule has 98 valence electrons. The number of hydrogen-bond acceptors (Lipinski definition) is 3. The summed E-state index contributed by atoms with van der Waals surface area (Å²) in [5, 5.41) is 6.23. The van der Waals surface area contributed by atoms with Crippen LogP contribution >= 0.6 is 0 Å². The zero-order valence-electron chi connectivity index (χ0n) is 11.0. The van der Waals surface area contributed by atoms with Crippen LogP contribution in [0.4, 0.5) is 5.69 Å². The number of aryl methyl sites for hydroxylation is 1. The van der Waals surface area contributed by atoms with Crippen molar-refractivity contribution < 1.29 is 9.53 Å². The third-order valence-corrected chi connectivity index (χ3v) is 3.05. The highest BCUT2D eigenvalue weighted by molar-refractivity contribution is 6.00. The fraction of sp³-hybridized carbons (Fsp3) is 0.500. The van der Waals surface area contributed by atoms with E-state index in [0.29, 0.717) is 12.2 Å². The lowest BCUT2D eigenvalue weighted by Gasteiger charge is -2.14. The molecule has 1 aliphatic heterocycles. The number of carbonyl (C=O) groups excluding carboxylic acids is 1. The van der Waals surface area contributed by atoms with Gasteiger partial charge in [0.15, 0.2) is 0 Å². The number of ether oxygens (including phenoxy) is 1. The van der Waals surface area contributed by atoms with Crippen molar-refractivity contribution >= 4 is 11.6 Å². The van der Waals surface area contributed by atoms with Gasteiger partial charge in [0.1, 0.15) is 0 Å². The van der Waals surface area contributed by atoms with Gasteiger partial charge < -0.3 is 15.4 Å². The molecule has 0 saturated carbocycles. The van der Waals surface area contributed by atoms with E-state index in [1.165, 1.54) is 0 Å². The van der Waals surface area contributed by atoms with Crippen LogP contribution in [0.1, 0.15) is 29.3 Å². The van der Waals surface area contributed by atoms with Crippen molar-refractivity contribution in [1.82, 2.24) is 5.32 Å². The Labute approximate surface area is 108 Å². The Morgan fingerprint density at radius 1 is 1.50 bits per heavy atom. The van der Waals surface area contributed by atoms with Crippen molar-refractivity contribution in [3.8, 4) is 0 Å². The van der Waals surface area contributed by atoms with E-state index in [0.717, 1.165) is 30.8 Å². The number of carbonyl (C=O) groups is 1. The highest BCUT2D eigenvalue weighted by atomic mass is 16.5. The molecule has 2 rings (SSSR count). The Morgan fingerprint density at radius 2 is 2.33 bits per heavy atom. The molecule has 0 radical (unpaired) electrons. The van der Waals surface area contributed by atoms with Gasteiger partial charge in [0.05, 0.1) is 18.2 Å². The summed E-state index contributed by atoms with van der Waals surface area (Å²) in [5.41, 5.74) is 2.69. The van der Waals surface area contributed by atoms with Gasteiger partial charge in [0.2, 0.25) is 0 Å². The molecule has 1 unspecified atom stereocenters. The lowest BCUT2D eigenvalue weighted by Crippen LogP contribution is -2.35. The molecular formula is C14H20N2O2. The molecule has 1 amide bonds. The molecule has 1 aromatic carbocycles. The van der Waals surface area contributed by atoms with E-state index in [4.69, 9.17) is 4.74 Å². The molecule has 0 aromatic heterocycles. The molecule has 0 aliphatic carbocycles. The van der Waals surface area contributed by atoms with Crippen LogP contribution in [-0.2, 0) is 4.74 Å². The van der Waals surface area contributed by atoms with E-state index in [1.807, 2.05) is 32.0 Å². The van der Waals surface area contributed by atoms with Crippen LogP contribution in [0, 0.1) is 6.92 Å². The summed E-state index contributed by atoms with van der Waals surface area (Å²) in [5.74, 6) is -0.0230. The monoisotopic (exact) mass is 248 g/mol. The lowest BCUT2D eigenvalue weighted by atomic mass is 10.1. The Balaban J connectivity index is 2.14. The second kappa shape index (κ2) is 5.87. The molecule has 1 atom stereocenters. The van der Waals surface area contributed by atoms with Gasteiger partial charge in [-0.3, -0.25) is 4.79 Å². The summed E-state index contributed by atoms with van der Waals surface area (Å²) in [6, 6.07) is 6.03. The molecule has 0 bridgehead atoms. The van der Waals surface area contributed by atoms with E-state index in [1.54, 1.807) is 0 Å². The maximum Gasteiger partial charge on any atom is 0.253 e. The standard InChI is InChI=1S/C14H20N2O2/c1-3-15-13-5-4-10(2)8-12(13)14(17)16-11-6-7-18-9-11/h4-5,8,11,15H,3,6-7,9H2,1-2H3,(H,16,17). The van der Waals surface area contributed by atoms with Crippen LogP contribution in [0.2, 0.25) is 0 Å². The normalized spacial score (nSPS) is 18.7. The maximum atomic E-state index is 12.2. The first-order valence-corrected chi connectivity index (χ1v) is 6.44. The number of hydrogen-bond donors (Lipinski definition) is 2. The number of rotatable bonds is 4. The molecule has 0 spiro atoms. The van der Waals surface area contributed by atoms with Crippen LogP contribution in [0.5, 0.6) is 0 Å². The summed E-state index contributed by atoms with van der Waals surface area (Å²) in [6.45, 7) is 6.17. The Hall–Kier alpha value is -1.55. The second-order valence-electron chi connectivity index (χ2n) is 4.61. The number of benzene rings is 1. The summed E-state index contributed by atoms with van der Waals surface area (Å²) >= 11 is 0. The van der Waals surface area contributed by atoms with Crippen molar-refractivity contribution in [3.05, 3.63) is 29.3 Å². The molecule has 18 heavy (non-hydrogen) atoms. The third-order valence-electron chi connectivity index (χ3n) is 3.05. The van der Waals surface area contributed by atoms with Gasteiger partial charge >= 0.3 is 0 Å². The zero-order valence-corrected chi connectivity index (χ0v) is 11.0. The van der Waals surface area contributed by atoms with Crippen molar-refractivity contribution in [2.75, 3.05) is 25.1 Å². The average molecular weight is 248 g/mol. The molecule has 4 nitrogen and oxygen atoms in total. The largest absolute Gasteiger partial charge is 0.385 e. The second-order valence-corrected chi connectivity index (χ2v) is 4.61. The molecule has 1 heterocycles. The van der Waals surface area contributed by atoms with E-state index >= 15 is 0 Å². The van der Waals surface area contributed by atoms with Crippen molar-refractivity contribution in [3.63, 3.8) is 0 Å². The number of amides is 1. The summed E-state index contributed by atoms with van der Waals surface area (Å²) < 4.78 is 5.26. The summed E-state index contributed by atoms with van der Waals surface area (Å²) in [6.07, 6.45) is 0.897. The molecule has 1 aliphatic rings. The molecule has 1 fully saturated rings. The Kier molecular flexibility index (Phi) is 4.20. The predicted octanol–water partition coefficient (Wildman–Crippen LogP) is 1.95. The van der Waals surface area contributed by atoms with E-state index in [9.17, 15) is 4.79 Å². The SMILES string of the molecule is CCNc1ccc(C)cc1C(=O)NC1CCOC1. The van der Waals surface area contributed by atoms with E-state index < -0.39 is 0 Å².